The fraction of sp³-hybridized carbons (Fsp3) is 0.949. The minimum atomic E-state index is -4.96. The van der Waals surface area contributed by atoms with Gasteiger partial charge in [-0.3, -0.25) is 37.3 Å². The summed E-state index contributed by atoms with van der Waals surface area (Å²) in [6.45, 7) is 9.61. The molecule has 0 heterocycles. The van der Waals surface area contributed by atoms with E-state index >= 15 is 0 Å². The van der Waals surface area contributed by atoms with E-state index in [9.17, 15) is 43.2 Å². The van der Waals surface area contributed by atoms with Crippen molar-refractivity contribution in [2.24, 2.45) is 11.8 Å². The maximum atomic E-state index is 13.1. The monoisotopic (exact) mass is 1440 g/mol. The molecule has 0 amide bonds. The predicted octanol–water partition coefficient (Wildman–Crippen LogP) is 23.5. The molecule has 98 heavy (non-hydrogen) atoms. The van der Waals surface area contributed by atoms with Crippen LogP contribution in [0.2, 0.25) is 0 Å². The molecule has 0 fully saturated rings. The Bertz CT molecular complexity index is 1890. The summed E-state index contributed by atoms with van der Waals surface area (Å²) in [4.78, 5) is 72.8. The highest BCUT2D eigenvalue weighted by molar-refractivity contribution is 7.47. The van der Waals surface area contributed by atoms with Crippen LogP contribution in [-0.4, -0.2) is 96.7 Å². The number of hydrogen-bond acceptors (Lipinski definition) is 15. The van der Waals surface area contributed by atoms with Gasteiger partial charge in [0.1, 0.15) is 19.3 Å². The second-order valence-corrected chi connectivity index (χ2v) is 32.3. The van der Waals surface area contributed by atoms with Crippen LogP contribution in [0.15, 0.2) is 0 Å². The summed E-state index contributed by atoms with van der Waals surface area (Å²) in [6.07, 6.45) is 59.8. The quantitative estimate of drug-likeness (QED) is 0.0222. The van der Waals surface area contributed by atoms with Crippen molar-refractivity contribution >= 4 is 39.5 Å². The molecule has 0 bridgehead atoms. The first-order valence-electron chi connectivity index (χ1n) is 41.0. The highest BCUT2D eigenvalue weighted by Crippen LogP contribution is 2.45. The number of phosphoric ester groups is 2. The number of hydrogen-bond donors (Lipinski definition) is 3. The van der Waals surface area contributed by atoms with Gasteiger partial charge in [-0.05, 0) is 37.5 Å². The highest BCUT2D eigenvalue weighted by atomic mass is 31.2. The van der Waals surface area contributed by atoms with Gasteiger partial charge < -0.3 is 33.8 Å². The Labute approximate surface area is 600 Å². The standard InChI is InChI=1S/C79H154O17P2/c1-7-9-11-13-15-16-17-18-19-20-21-22-25-29-34-39-45-51-57-63-78(83)96-75(68-90-77(82)62-56-50-44-38-33-28-26-23-24-27-31-36-42-47-53-59-71(3)4)70-94-98(87,88)92-66-73(80)65-91-97(85,86)93-69-74(67-89-76(81)61-55-49-41-14-12-10-8-2)95-79(84)64-58-52-46-40-35-30-32-37-43-48-54-60-72(5)6/h71-75,80H,7-70H2,1-6H3,(H,85,86)(H,87,88)/t73-,74+,75+/m0/s1. The van der Waals surface area contributed by atoms with Gasteiger partial charge >= 0.3 is 39.5 Å². The molecule has 0 aromatic heterocycles. The SMILES string of the molecule is CCCCCCCCCCCCCCCCCCCCCC(=O)O[C@H](COC(=O)CCCCCCCCCCCCCCCCCC(C)C)COP(=O)(O)OC[C@@H](O)COP(=O)(O)OC[C@@H](COC(=O)CCCCCCCCC)OC(=O)CCCCCCCCCCCCCC(C)C. The Morgan fingerprint density at radius 2 is 0.469 bits per heavy atom. The second-order valence-electron chi connectivity index (χ2n) is 29.4. The largest absolute Gasteiger partial charge is 0.472 e. The second kappa shape index (κ2) is 70.7. The number of aliphatic hydroxyl groups is 1. The molecule has 0 aliphatic rings. The van der Waals surface area contributed by atoms with Gasteiger partial charge in [-0.2, -0.15) is 0 Å². The minimum absolute atomic E-state index is 0.106. The zero-order valence-corrected chi connectivity index (χ0v) is 65.9. The van der Waals surface area contributed by atoms with Crippen LogP contribution in [-0.2, 0) is 65.4 Å². The lowest BCUT2D eigenvalue weighted by Crippen LogP contribution is -2.30. The number of esters is 4. The summed E-state index contributed by atoms with van der Waals surface area (Å²) in [6, 6.07) is 0. The summed E-state index contributed by atoms with van der Waals surface area (Å²) in [7, 11) is -9.91. The van der Waals surface area contributed by atoms with Crippen molar-refractivity contribution in [3.63, 3.8) is 0 Å². The summed E-state index contributed by atoms with van der Waals surface area (Å²) in [5, 5.41) is 10.6. The van der Waals surface area contributed by atoms with Crippen LogP contribution in [0.25, 0.3) is 0 Å². The number of unbranched alkanes of at least 4 members (excludes halogenated alkanes) is 48. The molecule has 582 valence electrons. The molecule has 3 N–H and O–H groups in total. The Morgan fingerprint density at radius 1 is 0.276 bits per heavy atom. The summed E-state index contributed by atoms with van der Waals surface area (Å²) in [5.74, 6) is -0.544. The topological polar surface area (TPSA) is 237 Å². The third-order valence-corrected chi connectivity index (χ3v) is 20.4. The van der Waals surface area contributed by atoms with Gasteiger partial charge in [0.25, 0.3) is 0 Å². The number of aliphatic hydroxyl groups excluding tert-OH is 1. The summed E-state index contributed by atoms with van der Waals surface area (Å²) >= 11 is 0. The van der Waals surface area contributed by atoms with Crippen LogP contribution in [0.3, 0.4) is 0 Å². The van der Waals surface area contributed by atoms with Crippen LogP contribution < -0.4 is 0 Å². The average Bonchev–Trinajstić information content (AvgIpc) is 1.01. The van der Waals surface area contributed by atoms with Gasteiger partial charge in [-0.15, -0.1) is 0 Å². The molecular weight excluding hydrogens is 1280 g/mol. The molecule has 0 aliphatic carbocycles. The lowest BCUT2D eigenvalue weighted by Gasteiger charge is -2.21. The maximum absolute atomic E-state index is 13.1. The Balaban J connectivity index is 5.18. The molecule has 0 radical (unpaired) electrons. The lowest BCUT2D eigenvalue weighted by molar-refractivity contribution is -0.161. The summed E-state index contributed by atoms with van der Waals surface area (Å²) in [5.41, 5.74) is 0. The van der Waals surface area contributed by atoms with E-state index in [1.807, 2.05) is 0 Å². The molecular formula is C79H154O17P2. The average molecular weight is 1440 g/mol. The molecule has 5 atom stereocenters. The lowest BCUT2D eigenvalue weighted by atomic mass is 10.0. The number of rotatable bonds is 78. The molecule has 0 aliphatic heterocycles. The summed E-state index contributed by atoms with van der Waals surface area (Å²) < 4.78 is 68.5. The van der Waals surface area contributed by atoms with Gasteiger partial charge in [-0.25, -0.2) is 9.13 Å². The van der Waals surface area contributed by atoms with Crippen LogP contribution in [0.1, 0.15) is 414 Å². The first kappa shape index (κ1) is 96.1. The smallest absolute Gasteiger partial charge is 0.462 e. The van der Waals surface area contributed by atoms with E-state index < -0.39 is 97.5 Å². The number of ether oxygens (including phenoxy) is 4. The number of carbonyl (C=O) groups is 4. The maximum Gasteiger partial charge on any atom is 0.472 e. The van der Waals surface area contributed by atoms with Gasteiger partial charge in [0.2, 0.25) is 0 Å². The molecule has 19 heteroatoms. The van der Waals surface area contributed by atoms with Gasteiger partial charge in [0, 0.05) is 25.7 Å². The molecule has 0 aromatic rings. The van der Waals surface area contributed by atoms with Crippen molar-refractivity contribution in [1.29, 1.82) is 0 Å². The van der Waals surface area contributed by atoms with Crippen LogP contribution >= 0.6 is 15.6 Å². The highest BCUT2D eigenvalue weighted by Gasteiger charge is 2.30. The van der Waals surface area contributed by atoms with E-state index in [1.165, 1.54) is 218 Å². The van der Waals surface area contributed by atoms with Gasteiger partial charge in [0.05, 0.1) is 26.4 Å². The zero-order chi connectivity index (χ0) is 72.1. The van der Waals surface area contributed by atoms with Crippen molar-refractivity contribution in [2.75, 3.05) is 39.6 Å². The van der Waals surface area contributed by atoms with Crippen LogP contribution in [0.5, 0.6) is 0 Å². The van der Waals surface area contributed by atoms with Gasteiger partial charge in [0.15, 0.2) is 12.2 Å². The first-order valence-corrected chi connectivity index (χ1v) is 44.0. The van der Waals surface area contributed by atoms with Crippen LogP contribution in [0, 0.1) is 11.8 Å². The molecule has 0 rings (SSSR count). The zero-order valence-electron chi connectivity index (χ0n) is 64.1. The van der Waals surface area contributed by atoms with Crippen molar-refractivity contribution in [3.8, 4) is 0 Å². The van der Waals surface area contributed by atoms with Crippen molar-refractivity contribution in [1.82, 2.24) is 0 Å². The number of carbonyl (C=O) groups excluding carboxylic acids is 4. The van der Waals surface area contributed by atoms with Crippen molar-refractivity contribution in [2.45, 2.75) is 432 Å². The third kappa shape index (κ3) is 72.4. The van der Waals surface area contributed by atoms with E-state index in [-0.39, 0.29) is 25.7 Å². The first-order chi connectivity index (χ1) is 47.4. The molecule has 0 saturated carbocycles. The molecule has 0 saturated heterocycles. The van der Waals surface area contributed by atoms with E-state index in [0.717, 1.165) is 115 Å². The predicted molar refractivity (Wildman–Crippen MR) is 400 cm³/mol. The fourth-order valence-corrected chi connectivity index (χ4v) is 13.8. The molecule has 0 aromatic carbocycles. The Hall–Kier alpha value is -1.94. The Morgan fingerprint density at radius 3 is 0.694 bits per heavy atom. The van der Waals surface area contributed by atoms with Crippen LogP contribution in [0.4, 0.5) is 0 Å². The van der Waals surface area contributed by atoms with E-state index in [4.69, 9.17) is 37.0 Å². The third-order valence-electron chi connectivity index (χ3n) is 18.5. The van der Waals surface area contributed by atoms with Crippen molar-refractivity contribution < 1.29 is 80.2 Å². The molecule has 2 unspecified atom stereocenters. The van der Waals surface area contributed by atoms with Gasteiger partial charge in [-0.1, -0.05) is 363 Å². The minimum Gasteiger partial charge on any atom is -0.462 e. The molecule has 0 spiro atoms. The number of phosphoric acid groups is 2. The normalized spacial score (nSPS) is 13.9. The molecule has 17 nitrogen and oxygen atoms in total. The van der Waals surface area contributed by atoms with E-state index in [1.54, 1.807) is 0 Å². The Kier molecular flexibility index (Phi) is 69.3. The van der Waals surface area contributed by atoms with E-state index in [2.05, 4.69) is 41.5 Å². The fourth-order valence-electron chi connectivity index (χ4n) is 12.2. The van der Waals surface area contributed by atoms with Crippen molar-refractivity contribution in [3.05, 3.63) is 0 Å². The van der Waals surface area contributed by atoms with E-state index in [0.29, 0.717) is 25.7 Å².